The van der Waals surface area contributed by atoms with Crippen LogP contribution in [0.25, 0.3) is 0 Å². The van der Waals surface area contributed by atoms with Crippen LogP contribution >= 0.6 is 35.3 Å². The van der Waals surface area contributed by atoms with E-state index in [1.807, 2.05) is 0 Å². The smallest absolute Gasteiger partial charge is 0.0907 e. The first kappa shape index (κ1) is 49.0. The highest BCUT2D eigenvalue weighted by atomic mass is 32.2. The van der Waals surface area contributed by atoms with E-state index < -0.39 is 14.2 Å². The molecule has 70 heavy (non-hydrogen) atoms. The predicted octanol–water partition coefficient (Wildman–Crippen LogP) is 17.8. The standard InChI is InChI=1S/C67H64S3/c1-3-53(50-68-65(55-32-14-5-15-33-55,56-34-16-6-17-35-56)57-36-18-7-19-37-57)64(52-70-67(61-44-26-11-27-45-61,62-46-28-12-29-47-62)63-48-30-13-31-49-63)54(4-2)51-69-66(58-38-20-8-21-39-58,59-40-22-9-23-41-59)60-42-24-10-25-43-60/h5-49,53-54,64H,3-4,50-52H2,1-2H3. The summed E-state index contributed by atoms with van der Waals surface area (Å²) < 4.78 is -1.24. The van der Waals surface area contributed by atoms with Crippen LogP contribution in [0.1, 0.15) is 76.8 Å². The van der Waals surface area contributed by atoms with Gasteiger partial charge in [0, 0.05) is 0 Å². The Bertz CT molecular complexity index is 2450. The molecule has 9 aromatic carbocycles. The molecule has 0 amide bonds. The average Bonchev–Trinajstić information content (AvgIpc) is 3.45. The number of rotatable bonds is 22. The minimum Gasteiger partial charge on any atom is -0.140 e. The fourth-order valence-corrected chi connectivity index (χ4v) is 16.3. The minimum absolute atomic E-state index is 0.371. The van der Waals surface area contributed by atoms with Crippen LogP contribution in [0.2, 0.25) is 0 Å². The molecule has 0 nitrogen and oxygen atoms in total. The zero-order valence-corrected chi connectivity index (χ0v) is 42.9. The minimum atomic E-state index is -0.428. The van der Waals surface area contributed by atoms with Gasteiger partial charge in [-0.2, -0.15) is 0 Å². The van der Waals surface area contributed by atoms with Crippen LogP contribution in [0.3, 0.4) is 0 Å². The molecule has 0 aliphatic rings. The normalized spacial score (nSPS) is 13.3. The van der Waals surface area contributed by atoms with Gasteiger partial charge in [0.25, 0.3) is 0 Å². The van der Waals surface area contributed by atoms with Gasteiger partial charge >= 0.3 is 0 Å². The molecule has 3 heteroatoms. The van der Waals surface area contributed by atoms with E-state index in [1.165, 1.54) is 50.1 Å². The molecule has 2 atom stereocenters. The molecule has 0 bridgehead atoms. The van der Waals surface area contributed by atoms with Gasteiger partial charge in [-0.3, -0.25) is 0 Å². The molecule has 2 unspecified atom stereocenters. The lowest BCUT2D eigenvalue weighted by Crippen LogP contribution is -2.35. The second kappa shape index (κ2) is 23.8. The lowest BCUT2D eigenvalue weighted by Gasteiger charge is -2.42. The van der Waals surface area contributed by atoms with E-state index in [4.69, 9.17) is 0 Å². The van der Waals surface area contributed by atoms with Crippen molar-refractivity contribution in [2.24, 2.45) is 17.8 Å². The third kappa shape index (κ3) is 10.3. The monoisotopic (exact) mass is 964 g/mol. The average molecular weight is 965 g/mol. The summed E-state index contributed by atoms with van der Waals surface area (Å²) in [4.78, 5) is 0. The topological polar surface area (TPSA) is 0 Å². The Balaban J connectivity index is 1.19. The van der Waals surface area contributed by atoms with E-state index in [9.17, 15) is 0 Å². The van der Waals surface area contributed by atoms with Crippen molar-refractivity contribution in [1.29, 1.82) is 0 Å². The van der Waals surface area contributed by atoms with Gasteiger partial charge in [-0.15, -0.1) is 35.3 Å². The quantitative estimate of drug-likeness (QED) is 0.0621. The van der Waals surface area contributed by atoms with Crippen LogP contribution in [0.4, 0.5) is 0 Å². The molecule has 0 aliphatic heterocycles. The number of benzene rings is 9. The van der Waals surface area contributed by atoms with E-state index in [-0.39, 0.29) is 0 Å². The molecular formula is C67H64S3. The molecule has 0 saturated carbocycles. The Kier molecular flexibility index (Phi) is 16.6. The van der Waals surface area contributed by atoms with Crippen LogP contribution in [0, 0.1) is 17.8 Å². The van der Waals surface area contributed by atoms with Crippen molar-refractivity contribution in [1.82, 2.24) is 0 Å². The second-order valence-electron chi connectivity index (χ2n) is 18.3. The van der Waals surface area contributed by atoms with Crippen LogP contribution in [0.5, 0.6) is 0 Å². The fraction of sp³-hybridized carbons (Fsp3) is 0.194. The van der Waals surface area contributed by atoms with Gasteiger partial charge in [-0.25, -0.2) is 0 Å². The second-order valence-corrected chi connectivity index (χ2v) is 22.0. The van der Waals surface area contributed by atoms with E-state index in [1.54, 1.807) is 0 Å². The van der Waals surface area contributed by atoms with Crippen LogP contribution in [-0.4, -0.2) is 17.3 Å². The maximum atomic E-state index is 2.46. The molecule has 0 aromatic heterocycles. The van der Waals surface area contributed by atoms with Crippen molar-refractivity contribution in [3.63, 3.8) is 0 Å². The molecule has 0 fully saturated rings. The van der Waals surface area contributed by atoms with E-state index in [0.29, 0.717) is 17.8 Å². The molecular weight excluding hydrogens is 901 g/mol. The van der Waals surface area contributed by atoms with E-state index in [0.717, 1.165) is 30.1 Å². The first-order valence-electron chi connectivity index (χ1n) is 25.0. The highest BCUT2D eigenvalue weighted by Crippen LogP contribution is 2.55. The zero-order valence-electron chi connectivity index (χ0n) is 40.5. The fourth-order valence-electron chi connectivity index (χ4n) is 10.7. The van der Waals surface area contributed by atoms with Crippen LogP contribution in [-0.2, 0) is 14.2 Å². The first-order valence-corrected chi connectivity index (χ1v) is 28.0. The molecule has 0 saturated heterocycles. The highest BCUT2D eigenvalue weighted by Gasteiger charge is 2.43. The molecule has 350 valence electrons. The number of hydrogen-bond acceptors (Lipinski definition) is 3. The van der Waals surface area contributed by atoms with Crippen molar-refractivity contribution < 1.29 is 0 Å². The van der Waals surface area contributed by atoms with Gasteiger partial charge in [-0.05, 0) is 85.1 Å². The predicted molar refractivity (Wildman–Crippen MR) is 306 cm³/mol. The Labute approximate surface area is 431 Å². The SMILES string of the molecule is CCC(CSC(c1ccccc1)(c1ccccc1)c1ccccc1)C(CSC(c1ccccc1)(c1ccccc1)c1ccccc1)C(CC)CSC(c1ccccc1)(c1ccccc1)c1ccccc1. The third-order valence-corrected chi connectivity index (χ3v) is 19.6. The van der Waals surface area contributed by atoms with Gasteiger partial charge in [0.2, 0.25) is 0 Å². The van der Waals surface area contributed by atoms with Gasteiger partial charge in [0.15, 0.2) is 0 Å². The number of thioether (sulfide) groups is 3. The summed E-state index contributed by atoms with van der Waals surface area (Å²) in [5, 5.41) is 0. The molecule has 0 aliphatic carbocycles. The molecule has 0 spiro atoms. The van der Waals surface area contributed by atoms with Gasteiger partial charge in [0.05, 0.1) is 14.2 Å². The van der Waals surface area contributed by atoms with Crippen LogP contribution < -0.4 is 0 Å². The lowest BCUT2D eigenvalue weighted by atomic mass is 9.81. The zero-order chi connectivity index (χ0) is 47.9. The van der Waals surface area contributed by atoms with Gasteiger partial charge in [-0.1, -0.05) is 300 Å². The van der Waals surface area contributed by atoms with Gasteiger partial charge in [0.1, 0.15) is 0 Å². The Hall–Kier alpha value is -5.97. The number of hydrogen-bond donors (Lipinski definition) is 0. The maximum Gasteiger partial charge on any atom is 0.0907 e. The highest BCUT2D eigenvalue weighted by molar-refractivity contribution is 8.01. The van der Waals surface area contributed by atoms with Gasteiger partial charge < -0.3 is 0 Å². The first-order chi connectivity index (χ1) is 34.6. The summed E-state index contributed by atoms with van der Waals surface area (Å²) in [6, 6.07) is 102. The van der Waals surface area contributed by atoms with Crippen LogP contribution in [0.15, 0.2) is 273 Å². The largest absolute Gasteiger partial charge is 0.140 e. The summed E-state index contributed by atoms with van der Waals surface area (Å²) in [7, 11) is 0. The van der Waals surface area contributed by atoms with Crippen molar-refractivity contribution in [3.8, 4) is 0 Å². The molecule has 0 N–H and O–H groups in total. The van der Waals surface area contributed by atoms with Crippen molar-refractivity contribution in [2.45, 2.75) is 40.9 Å². The van der Waals surface area contributed by atoms with E-state index >= 15 is 0 Å². The summed E-state index contributed by atoms with van der Waals surface area (Å²) >= 11 is 6.43. The van der Waals surface area contributed by atoms with Crippen molar-refractivity contribution >= 4 is 35.3 Å². The summed E-state index contributed by atoms with van der Waals surface area (Å²) in [5.74, 6) is 4.16. The van der Waals surface area contributed by atoms with Crippen molar-refractivity contribution in [2.75, 3.05) is 17.3 Å². The third-order valence-electron chi connectivity index (χ3n) is 14.4. The van der Waals surface area contributed by atoms with E-state index in [2.05, 4.69) is 322 Å². The Morgan fingerprint density at radius 1 is 0.243 bits per heavy atom. The summed E-state index contributed by atoms with van der Waals surface area (Å²) in [6.45, 7) is 4.91. The maximum absolute atomic E-state index is 2.46. The summed E-state index contributed by atoms with van der Waals surface area (Å²) in [6.07, 6.45) is 2.15. The molecule has 9 rings (SSSR count). The lowest BCUT2D eigenvalue weighted by molar-refractivity contribution is 0.280. The Morgan fingerprint density at radius 3 is 0.557 bits per heavy atom. The summed E-state index contributed by atoms with van der Waals surface area (Å²) in [5.41, 5.74) is 11.8. The molecule has 9 aromatic rings. The molecule has 0 radical (unpaired) electrons. The van der Waals surface area contributed by atoms with Crippen molar-refractivity contribution in [3.05, 3.63) is 323 Å². The Morgan fingerprint density at radius 2 is 0.400 bits per heavy atom. The molecule has 0 heterocycles.